The van der Waals surface area contributed by atoms with Gasteiger partial charge < -0.3 is 9.47 Å². The van der Waals surface area contributed by atoms with Gasteiger partial charge in [-0.2, -0.15) is 0 Å². The molecule has 0 aliphatic rings. The Bertz CT molecular complexity index is 864. The van der Waals surface area contributed by atoms with Crippen LogP contribution >= 0.6 is 22.6 Å². The van der Waals surface area contributed by atoms with Crippen molar-refractivity contribution in [2.24, 2.45) is 4.99 Å². The lowest BCUT2D eigenvalue weighted by molar-refractivity contribution is 0.267. The summed E-state index contributed by atoms with van der Waals surface area (Å²) in [5, 5.41) is 0. The summed E-state index contributed by atoms with van der Waals surface area (Å²) in [5.74, 6) is 1.51. The van der Waals surface area contributed by atoms with Gasteiger partial charge in [-0.15, -0.1) is 0 Å². The van der Waals surface area contributed by atoms with E-state index in [2.05, 4.69) is 33.6 Å². The van der Waals surface area contributed by atoms with Gasteiger partial charge in [-0.25, -0.2) is 0 Å². The maximum absolute atomic E-state index is 6.05. The van der Waals surface area contributed by atoms with E-state index in [9.17, 15) is 0 Å². The predicted molar refractivity (Wildman–Crippen MR) is 115 cm³/mol. The Morgan fingerprint density at radius 3 is 2.31 bits per heavy atom. The molecule has 0 N–H and O–H groups in total. The van der Waals surface area contributed by atoms with Crippen molar-refractivity contribution in [2.45, 2.75) is 13.5 Å². The minimum Gasteiger partial charge on any atom is -0.490 e. The van der Waals surface area contributed by atoms with Crippen molar-refractivity contribution in [3.8, 4) is 11.5 Å². The van der Waals surface area contributed by atoms with Gasteiger partial charge in [0.15, 0.2) is 11.5 Å². The van der Waals surface area contributed by atoms with Crippen LogP contribution in [-0.2, 0) is 6.61 Å². The molecule has 3 aromatic rings. The maximum atomic E-state index is 6.05. The quantitative estimate of drug-likeness (QED) is 0.321. The van der Waals surface area contributed by atoms with Crippen LogP contribution in [0, 0.1) is 3.57 Å². The number of ether oxygens (including phenoxy) is 2. The SMILES string of the molecule is CCOc1cc(C=Nc2ccccc2)cc(I)c1OCc1ccccc1. The predicted octanol–water partition coefficient (Wildman–Crippen LogP) is 6.02. The van der Waals surface area contributed by atoms with E-state index >= 15 is 0 Å². The lowest BCUT2D eigenvalue weighted by atomic mass is 10.2. The van der Waals surface area contributed by atoms with Crippen LogP contribution in [0.15, 0.2) is 77.8 Å². The smallest absolute Gasteiger partial charge is 0.175 e. The zero-order valence-corrected chi connectivity index (χ0v) is 16.7. The van der Waals surface area contributed by atoms with Gasteiger partial charge in [0.2, 0.25) is 0 Å². The normalized spacial score (nSPS) is 10.8. The molecule has 0 aliphatic heterocycles. The van der Waals surface area contributed by atoms with E-state index in [4.69, 9.17) is 9.47 Å². The van der Waals surface area contributed by atoms with Gasteiger partial charge in [0.25, 0.3) is 0 Å². The Morgan fingerprint density at radius 1 is 0.923 bits per heavy atom. The number of hydrogen-bond donors (Lipinski definition) is 0. The second kappa shape index (κ2) is 9.38. The van der Waals surface area contributed by atoms with Crippen LogP contribution in [0.4, 0.5) is 5.69 Å². The molecule has 132 valence electrons. The summed E-state index contributed by atoms with van der Waals surface area (Å²) < 4.78 is 12.9. The lowest BCUT2D eigenvalue weighted by Gasteiger charge is -2.14. The van der Waals surface area contributed by atoms with Crippen molar-refractivity contribution >= 4 is 34.5 Å². The molecule has 4 heteroatoms. The number of rotatable bonds is 7. The van der Waals surface area contributed by atoms with Crippen molar-refractivity contribution < 1.29 is 9.47 Å². The third-order valence-electron chi connectivity index (χ3n) is 3.68. The summed E-state index contributed by atoms with van der Waals surface area (Å²) in [6.45, 7) is 3.06. The molecular weight excluding hydrogens is 437 g/mol. The molecule has 0 bridgehead atoms. The summed E-state index contributed by atoms with van der Waals surface area (Å²) in [5.41, 5.74) is 3.03. The zero-order chi connectivity index (χ0) is 18.2. The van der Waals surface area contributed by atoms with Gasteiger partial charge in [0.05, 0.1) is 15.9 Å². The van der Waals surface area contributed by atoms with E-state index < -0.39 is 0 Å². The molecule has 0 amide bonds. The fourth-order valence-corrected chi connectivity index (χ4v) is 3.24. The highest BCUT2D eigenvalue weighted by molar-refractivity contribution is 14.1. The Kier molecular flexibility index (Phi) is 6.66. The Labute approximate surface area is 167 Å². The van der Waals surface area contributed by atoms with Gasteiger partial charge in [-0.05, 0) is 64.9 Å². The second-order valence-electron chi connectivity index (χ2n) is 5.63. The molecule has 3 nitrogen and oxygen atoms in total. The number of halogens is 1. The van der Waals surface area contributed by atoms with Gasteiger partial charge in [0, 0.05) is 6.21 Å². The summed E-state index contributed by atoms with van der Waals surface area (Å²) in [6, 6.07) is 24.0. The van der Waals surface area contributed by atoms with Crippen LogP contribution in [0.3, 0.4) is 0 Å². The minimum absolute atomic E-state index is 0.508. The molecule has 3 aromatic carbocycles. The monoisotopic (exact) mass is 457 g/mol. The van der Waals surface area contributed by atoms with E-state index in [1.165, 1.54) is 0 Å². The number of para-hydroxylation sites is 1. The molecule has 0 radical (unpaired) electrons. The average molecular weight is 457 g/mol. The number of benzene rings is 3. The number of hydrogen-bond acceptors (Lipinski definition) is 3. The molecule has 0 saturated heterocycles. The van der Waals surface area contributed by atoms with Gasteiger partial charge in [-0.3, -0.25) is 4.99 Å². The van der Waals surface area contributed by atoms with Crippen molar-refractivity contribution in [3.63, 3.8) is 0 Å². The summed E-state index contributed by atoms with van der Waals surface area (Å²) in [4.78, 5) is 4.52. The first kappa shape index (κ1) is 18.5. The third kappa shape index (κ3) is 5.08. The van der Waals surface area contributed by atoms with E-state index in [-0.39, 0.29) is 0 Å². The Balaban J connectivity index is 1.82. The van der Waals surface area contributed by atoms with Crippen LogP contribution < -0.4 is 9.47 Å². The van der Waals surface area contributed by atoms with E-state index in [1.54, 1.807) is 0 Å². The molecule has 0 aromatic heterocycles. The van der Waals surface area contributed by atoms with Crippen molar-refractivity contribution in [3.05, 3.63) is 87.5 Å². The van der Waals surface area contributed by atoms with E-state index in [0.29, 0.717) is 13.2 Å². The van der Waals surface area contributed by atoms with Crippen molar-refractivity contribution in [2.75, 3.05) is 6.61 Å². The van der Waals surface area contributed by atoms with Gasteiger partial charge in [0.1, 0.15) is 6.61 Å². The van der Waals surface area contributed by atoms with E-state index in [0.717, 1.165) is 31.9 Å². The average Bonchev–Trinajstić information content (AvgIpc) is 2.67. The highest BCUT2D eigenvalue weighted by Crippen LogP contribution is 2.34. The van der Waals surface area contributed by atoms with Gasteiger partial charge >= 0.3 is 0 Å². The Morgan fingerprint density at radius 2 is 1.62 bits per heavy atom. The van der Waals surface area contributed by atoms with E-state index in [1.807, 2.05) is 79.9 Å². The first-order valence-corrected chi connectivity index (χ1v) is 9.56. The number of nitrogens with zero attached hydrogens (tertiary/aromatic N) is 1. The van der Waals surface area contributed by atoms with Crippen LogP contribution in [0.1, 0.15) is 18.1 Å². The highest BCUT2D eigenvalue weighted by Gasteiger charge is 2.12. The first-order valence-electron chi connectivity index (χ1n) is 8.48. The lowest BCUT2D eigenvalue weighted by Crippen LogP contribution is -2.02. The topological polar surface area (TPSA) is 30.8 Å². The first-order chi connectivity index (χ1) is 12.8. The second-order valence-corrected chi connectivity index (χ2v) is 6.79. The molecule has 0 heterocycles. The zero-order valence-electron chi connectivity index (χ0n) is 14.6. The molecule has 0 saturated carbocycles. The highest BCUT2D eigenvalue weighted by atomic mass is 127. The molecule has 0 unspecified atom stereocenters. The fraction of sp³-hybridized carbons (Fsp3) is 0.136. The molecule has 0 fully saturated rings. The minimum atomic E-state index is 0.508. The van der Waals surface area contributed by atoms with Crippen LogP contribution in [-0.4, -0.2) is 12.8 Å². The molecule has 0 spiro atoms. The molecule has 26 heavy (non-hydrogen) atoms. The summed E-state index contributed by atoms with van der Waals surface area (Å²) in [6.07, 6.45) is 1.85. The molecule has 3 rings (SSSR count). The third-order valence-corrected chi connectivity index (χ3v) is 4.48. The van der Waals surface area contributed by atoms with Crippen molar-refractivity contribution in [1.82, 2.24) is 0 Å². The molecule has 0 atom stereocenters. The molecular formula is C22H20INO2. The largest absolute Gasteiger partial charge is 0.490 e. The Hall–Kier alpha value is -2.34. The molecule has 0 aliphatic carbocycles. The summed E-state index contributed by atoms with van der Waals surface area (Å²) >= 11 is 2.28. The fourth-order valence-electron chi connectivity index (χ4n) is 2.46. The maximum Gasteiger partial charge on any atom is 0.175 e. The standard InChI is InChI=1S/C22H20INO2/c1-2-25-21-14-18(15-24-19-11-7-4-8-12-19)13-20(23)22(21)26-16-17-9-5-3-6-10-17/h3-15H,2,16H2,1H3. The van der Waals surface area contributed by atoms with Crippen LogP contribution in [0.25, 0.3) is 0 Å². The summed E-state index contributed by atoms with van der Waals surface area (Å²) in [7, 11) is 0. The van der Waals surface area contributed by atoms with Gasteiger partial charge in [-0.1, -0.05) is 48.5 Å². The van der Waals surface area contributed by atoms with Crippen molar-refractivity contribution in [1.29, 1.82) is 0 Å². The van der Waals surface area contributed by atoms with Crippen LogP contribution in [0.5, 0.6) is 11.5 Å². The van der Waals surface area contributed by atoms with Crippen LogP contribution in [0.2, 0.25) is 0 Å². The number of aliphatic imine (C=N–C) groups is 1.